The Kier molecular flexibility index (Phi) is 7.15. The zero-order valence-corrected chi connectivity index (χ0v) is 19.6. The average Bonchev–Trinajstić information content (AvgIpc) is 3.13. The van der Waals surface area contributed by atoms with Crippen molar-refractivity contribution in [1.82, 2.24) is 15.0 Å². The zero-order chi connectivity index (χ0) is 22.5. The van der Waals surface area contributed by atoms with Crippen LogP contribution >= 0.6 is 35.0 Å². The molecule has 0 atom stereocenters. The minimum atomic E-state index is -0.231. The van der Waals surface area contributed by atoms with Gasteiger partial charge in [-0.2, -0.15) is 5.10 Å². The maximum atomic E-state index is 12.3. The van der Waals surface area contributed by atoms with Crippen LogP contribution in [-0.2, 0) is 11.3 Å². The summed E-state index contributed by atoms with van der Waals surface area (Å²) in [5, 5.41) is 5.79. The highest BCUT2D eigenvalue weighted by Gasteiger charge is 2.13. The van der Waals surface area contributed by atoms with Gasteiger partial charge < -0.3 is 4.57 Å². The lowest BCUT2D eigenvalue weighted by Crippen LogP contribution is -2.20. The number of fused-ring (bicyclic) bond motifs is 1. The third-order valence-electron chi connectivity index (χ3n) is 4.77. The molecule has 1 N–H and O–H groups in total. The van der Waals surface area contributed by atoms with Gasteiger partial charge in [-0.15, -0.1) is 0 Å². The molecule has 4 aromatic rings. The molecule has 8 heteroatoms. The Balaban J connectivity index is 1.44. The third kappa shape index (κ3) is 5.51. The number of rotatable bonds is 7. The normalized spacial score (nSPS) is 11.3. The van der Waals surface area contributed by atoms with Crippen LogP contribution in [0.4, 0.5) is 0 Å². The number of para-hydroxylation sites is 2. The number of amides is 1. The molecule has 162 valence electrons. The Labute approximate surface area is 200 Å². The molecule has 0 saturated carbocycles. The Morgan fingerprint density at radius 2 is 1.91 bits per heavy atom. The van der Waals surface area contributed by atoms with Crippen molar-refractivity contribution in [2.75, 3.05) is 5.75 Å². The van der Waals surface area contributed by atoms with Gasteiger partial charge in [0.1, 0.15) is 0 Å². The second kappa shape index (κ2) is 10.2. The molecule has 0 fully saturated rings. The Morgan fingerprint density at radius 1 is 1.12 bits per heavy atom. The predicted octanol–water partition coefficient (Wildman–Crippen LogP) is 5.94. The van der Waals surface area contributed by atoms with Crippen LogP contribution in [0, 0.1) is 6.92 Å². The molecule has 0 saturated heterocycles. The number of aromatic nitrogens is 2. The van der Waals surface area contributed by atoms with Crippen LogP contribution < -0.4 is 5.43 Å². The predicted molar refractivity (Wildman–Crippen MR) is 133 cm³/mol. The van der Waals surface area contributed by atoms with Crippen molar-refractivity contribution >= 4 is 58.1 Å². The first-order valence-electron chi connectivity index (χ1n) is 9.90. The van der Waals surface area contributed by atoms with Crippen LogP contribution in [0.1, 0.15) is 16.7 Å². The summed E-state index contributed by atoms with van der Waals surface area (Å²) < 4.78 is 2.13. The molecule has 0 spiro atoms. The van der Waals surface area contributed by atoms with E-state index in [0.717, 1.165) is 16.2 Å². The summed E-state index contributed by atoms with van der Waals surface area (Å²) in [6, 6.07) is 21.5. The van der Waals surface area contributed by atoms with Crippen LogP contribution in [0.3, 0.4) is 0 Å². The minimum absolute atomic E-state index is 0.183. The lowest BCUT2D eigenvalue weighted by Gasteiger charge is -2.09. The van der Waals surface area contributed by atoms with Crippen molar-refractivity contribution in [3.8, 4) is 0 Å². The van der Waals surface area contributed by atoms with Crippen molar-refractivity contribution in [2.24, 2.45) is 5.10 Å². The average molecular weight is 483 g/mol. The maximum Gasteiger partial charge on any atom is 0.250 e. The van der Waals surface area contributed by atoms with Gasteiger partial charge in [0.2, 0.25) is 0 Å². The standard InChI is InChI=1S/C24H20Cl2N4OS/c1-16-6-8-17(9-7-16)14-30-22-5-3-2-4-21(22)28-24(30)32-15-23(31)29-27-13-18-10-11-19(25)12-20(18)26/h2-13H,14-15H2,1H3,(H,29,31)/b27-13+. The first kappa shape index (κ1) is 22.4. The van der Waals surface area contributed by atoms with Gasteiger partial charge in [0, 0.05) is 10.6 Å². The van der Waals surface area contributed by atoms with Gasteiger partial charge in [-0.05, 0) is 36.8 Å². The molecule has 1 heterocycles. The maximum absolute atomic E-state index is 12.3. The fourth-order valence-corrected chi connectivity index (χ4v) is 4.40. The smallest absolute Gasteiger partial charge is 0.250 e. The van der Waals surface area contributed by atoms with Crippen molar-refractivity contribution in [1.29, 1.82) is 0 Å². The molecule has 0 aliphatic heterocycles. The molecule has 0 radical (unpaired) electrons. The number of hydrogen-bond acceptors (Lipinski definition) is 4. The molecular formula is C24H20Cl2N4OS. The number of aryl methyl sites for hydroxylation is 1. The van der Waals surface area contributed by atoms with Crippen LogP contribution in [0.5, 0.6) is 0 Å². The Morgan fingerprint density at radius 3 is 2.69 bits per heavy atom. The largest absolute Gasteiger partial charge is 0.314 e. The molecule has 0 unspecified atom stereocenters. The van der Waals surface area contributed by atoms with Crippen LogP contribution in [0.2, 0.25) is 10.0 Å². The number of carbonyl (C=O) groups is 1. The summed E-state index contributed by atoms with van der Waals surface area (Å²) in [5.41, 5.74) is 7.53. The van der Waals surface area contributed by atoms with Gasteiger partial charge in [-0.3, -0.25) is 4.79 Å². The molecule has 0 bridgehead atoms. The van der Waals surface area contributed by atoms with Crippen molar-refractivity contribution in [3.05, 3.63) is 93.5 Å². The summed E-state index contributed by atoms with van der Waals surface area (Å²) in [6.07, 6.45) is 1.49. The zero-order valence-electron chi connectivity index (χ0n) is 17.3. The van der Waals surface area contributed by atoms with E-state index in [4.69, 9.17) is 28.2 Å². The molecular weight excluding hydrogens is 463 g/mol. The van der Waals surface area contributed by atoms with Gasteiger partial charge in [0.15, 0.2) is 5.16 Å². The SMILES string of the molecule is Cc1ccc(Cn2c(SCC(=O)N/N=C/c3ccc(Cl)cc3Cl)nc3ccccc32)cc1. The van der Waals surface area contributed by atoms with Gasteiger partial charge >= 0.3 is 0 Å². The lowest BCUT2D eigenvalue weighted by molar-refractivity contribution is -0.118. The first-order chi connectivity index (χ1) is 15.5. The number of halogens is 2. The number of thioether (sulfide) groups is 1. The van der Waals surface area contributed by atoms with Gasteiger partial charge in [-0.1, -0.05) is 83.0 Å². The number of benzene rings is 3. The van der Waals surface area contributed by atoms with Gasteiger partial charge in [0.05, 0.1) is 34.6 Å². The highest BCUT2D eigenvalue weighted by molar-refractivity contribution is 7.99. The number of hydrazone groups is 1. The number of imidazole rings is 1. The number of carbonyl (C=O) groups excluding carboxylic acids is 1. The van der Waals surface area contributed by atoms with Crippen molar-refractivity contribution in [3.63, 3.8) is 0 Å². The second-order valence-corrected chi connectivity index (χ2v) is 8.99. The van der Waals surface area contributed by atoms with E-state index in [1.807, 2.05) is 24.3 Å². The van der Waals surface area contributed by atoms with E-state index < -0.39 is 0 Å². The molecule has 1 aromatic heterocycles. The molecule has 5 nitrogen and oxygen atoms in total. The monoisotopic (exact) mass is 482 g/mol. The fourth-order valence-electron chi connectivity index (χ4n) is 3.13. The van der Waals surface area contributed by atoms with Crippen molar-refractivity contribution in [2.45, 2.75) is 18.6 Å². The summed E-state index contributed by atoms with van der Waals surface area (Å²) >= 11 is 13.4. The van der Waals surface area contributed by atoms with E-state index in [2.05, 4.69) is 46.3 Å². The minimum Gasteiger partial charge on any atom is -0.314 e. The van der Waals surface area contributed by atoms with E-state index in [9.17, 15) is 4.79 Å². The molecule has 0 aliphatic rings. The molecule has 4 rings (SSSR count). The molecule has 1 amide bonds. The Hall–Kier alpha value is -2.80. The topological polar surface area (TPSA) is 59.3 Å². The lowest BCUT2D eigenvalue weighted by atomic mass is 10.1. The van der Waals surface area contributed by atoms with E-state index in [-0.39, 0.29) is 11.7 Å². The summed E-state index contributed by atoms with van der Waals surface area (Å²) in [6.45, 7) is 2.75. The number of nitrogens with zero attached hydrogens (tertiary/aromatic N) is 3. The first-order valence-corrected chi connectivity index (χ1v) is 11.6. The van der Waals surface area contributed by atoms with Gasteiger partial charge in [-0.25, -0.2) is 10.4 Å². The quantitative estimate of drug-likeness (QED) is 0.201. The Bertz CT molecular complexity index is 1290. The molecule has 3 aromatic carbocycles. The highest BCUT2D eigenvalue weighted by Crippen LogP contribution is 2.25. The highest BCUT2D eigenvalue weighted by atomic mass is 35.5. The van der Waals surface area contributed by atoms with E-state index in [1.54, 1.807) is 18.2 Å². The summed E-state index contributed by atoms with van der Waals surface area (Å²) in [4.78, 5) is 17.1. The summed E-state index contributed by atoms with van der Waals surface area (Å²) in [7, 11) is 0. The van der Waals surface area contributed by atoms with Crippen LogP contribution in [0.15, 0.2) is 77.0 Å². The molecule has 32 heavy (non-hydrogen) atoms. The van der Waals surface area contributed by atoms with Gasteiger partial charge in [0.25, 0.3) is 5.91 Å². The molecule has 0 aliphatic carbocycles. The van der Waals surface area contributed by atoms with E-state index in [1.165, 1.54) is 29.1 Å². The number of nitrogens with one attached hydrogen (secondary N) is 1. The van der Waals surface area contributed by atoms with Crippen molar-refractivity contribution < 1.29 is 4.79 Å². The van der Waals surface area contributed by atoms with E-state index >= 15 is 0 Å². The fraction of sp³-hybridized carbons (Fsp3) is 0.125. The summed E-state index contributed by atoms with van der Waals surface area (Å²) in [5.74, 6) is -0.0478. The second-order valence-electron chi connectivity index (χ2n) is 7.20. The van der Waals surface area contributed by atoms with Crippen LogP contribution in [0.25, 0.3) is 11.0 Å². The number of hydrogen-bond donors (Lipinski definition) is 1. The third-order valence-corrected chi connectivity index (χ3v) is 6.31. The van der Waals surface area contributed by atoms with E-state index in [0.29, 0.717) is 22.2 Å². The van der Waals surface area contributed by atoms with Crippen LogP contribution in [-0.4, -0.2) is 27.4 Å².